The van der Waals surface area contributed by atoms with Gasteiger partial charge in [0.15, 0.2) is 0 Å². The van der Waals surface area contributed by atoms with Gasteiger partial charge >= 0.3 is 0 Å². The number of halogens is 1. The van der Waals surface area contributed by atoms with E-state index in [9.17, 15) is 9.59 Å². The molecule has 1 fully saturated rings. The van der Waals surface area contributed by atoms with Crippen LogP contribution in [0.25, 0.3) is 0 Å². The Hall–Kier alpha value is -2.14. The van der Waals surface area contributed by atoms with Gasteiger partial charge in [-0.2, -0.15) is 0 Å². The second-order valence-corrected chi connectivity index (χ2v) is 6.92. The quantitative estimate of drug-likeness (QED) is 0.804. The molecule has 3 rings (SSSR count). The van der Waals surface area contributed by atoms with Gasteiger partial charge in [-0.15, -0.1) is 0 Å². The lowest BCUT2D eigenvalue weighted by molar-refractivity contribution is -0.117. The SMILES string of the molecule is CC(NC(=O)c1cccc(NC(=O)C2CC2)c1)c1ccccc1Br. The number of benzene rings is 2. The van der Waals surface area contributed by atoms with Gasteiger partial charge in [0.1, 0.15) is 0 Å². The van der Waals surface area contributed by atoms with E-state index in [0.29, 0.717) is 11.3 Å². The van der Waals surface area contributed by atoms with Crippen molar-refractivity contribution in [1.82, 2.24) is 5.32 Å². The van der Waals surface area contributed by atoms with Crippen molar-refractivity contribution in [2.75, 3.05) is 5.32 Å². The Balaban J connectivity index is 1.68. The molecular formula is C19H19BrN2O2. The maximum absolute atomic E-state index is 12.5. The van der Waals surface area contributed by atoms with E-state index in [4.69, 9.17) is 0 Å². The Morgan fingerprint density at radius 3 is 2.58 bits per heavy atom. The zero-order valence-corrected chi connectivity index (χ0v) is 15.0. The summed E-state index contributed by atoms with van der Waals surface area (Å²) in [5.74, 6) is 0.00727. The van der Waals surface area contributed by atoms with Crippen LogP contribution in [0.4, 0.5) is 5.69 Å². The Kier molecular flexibility index (Phi) is 5.00. The molecule has 124 valence electrons. The summed E-state index contributed by atoms with van der Waals surface area (Å²) in [6.45, 7) is 1.94. The average Bonchev–Trinajstić information content (AvgIpc) is 3.40. The first-order valence-corrected chi connectivity index (χ1v) is 8.80. The van der Waals surface area contributed by atoms with Crippen LogP contribution in [-0.4, -0.2) is 11.8 Å². The molecule has 1 atom stereocenters. The average molecular weight is 387 g/mol. The van der Waals surface area contributed by atoms with Gasteiger partial charge in [-0.3, -0.25) is 9.59 Å². The molecule has 2 N–H and O–H groups in total. The molecule has 5 heteroatoms. The molecule has 0 aromatic heterocycles. The van der Waals surface area contributed by atoms with Gasteiger partial charge in [-0.1, -0.05) is 40.2 Å². The molecule has 2 aromatic carbocycles. The minimum absolute atomic E-state index is 0.0362. The molecule has 0 spiro atoms. The van der Waals surface area contributed by atoms with Gasteiger partial charge < -0.3 is 10.6 Å². The van der Waals surface area contributed by atoms with Gasteiger partial charge in [-0.05, 0) is 49.6 Å². The molecule has 0 bridgehead atoms. The fourth-order valence-corrected chi connectivity index (χ4v) is 3.14. The van der Waals surface area contributed by atoms with E-state index in [1.165, 1.54) is 0 Å². The van der Waals surface area contributed by atoms with Crippen molar-refractivity contribution in [3.05, 3.63) is 64.1 Å². The van der Waals surface area contributed by atoms with Crippen LogP contribution in [0.1, 0.15) is 41.7 Å². The molecule has 2 amide bonds. The zero-order chi connectivity index (χ0) is 17.1. The normalized spacial score (nSPS) is 14.8. The standard InChI is InChI=1S/C19H19BrN2O2/c1-12(16-7-2-3-8-17(16)20)21-19(24)14-5-4-6-15(11-14)22-18(23)13-9-10-13/h2-8,11-13H,9-10H2,1H3,(H,21,24)(H,22,23). The van der Waals surface area contributed by atoms with Crippen LogP contribution in [0.5, 0.6) is 0 Å². The van der Waals surface area contributed by atoms with Crippen molar-refractivity contribution in [1.29, 1.82) is 0 Å². The summed E-state index contributed by atoms with van der Waals surface area (Å²) < 4.78 is 0.961. The minimum atomic E-state index is -0.166. The largest absolute Gasteiger partial charge is 0.345 e. The van der Waals surface area contributed by atoms with Crippen molar-refractivity contribution in [3.8, 4) is 0 Å². The fourth-order valence-electron chi connectivity index (χ4n) is 2.51. The summed E-state index contributed by atoms with van der Waals surface area (Å²) in [5.41, 5.74) is 2.21. The zero-order valence-electron chi connectivity index (χ0n) is 13.4. The van der Waals surface area contributed by atoms with E-state index < -0.39 is 0 Å². The molecule has 1 aliphatic rings. The molecule has 0 radical (unpaired) electrons. The Bertz CT molecular complexity index is 771. The van der Waals surface area contributed by atoms with Crippen LogP contribution in [-0.2, 0) is 4.79 Å². The Morgan fingerprint density at radius 1 is 1.12 bits per heavy atom. The van der Waals surface area contributed by atoms with Crippen LogP contribution in [0.2, 0.25) is 0 Å². The van der Waals surface area contributed by atoms with Crippen molar-refractivity contribution in [3.63, 3.8) is 0 Å². The first kappa shape index (κ1) is 16.7. The second kappa shape index (κ2) is 7.18. The third-order valence-electron chi connectivity index (χ3n) is 4.06. The topological polar surface area (TPSA) is 58.2 Å². The number of amides is 2. The number of hydrogen-bond acceptors (Lipinski definition) is 2. The summed E-state index contributed by atoms with van der Waals surface area (Å²) in [6, 6.07) is 14.7. The van der Waals surface area contributed by atoms with Gasteiger partial charge in [0.05, 0.1) is 6.04 Å². The molecule has 24 heavy (non-hydrogen) atoms. The van der Waals surface area contributed by atoms with Crippen molar-refractivity contribution >= 4 is 33.4 Å². The van der Waals surface area contributed by atoms with Crippen LogP contribution in [0, 0.1) is 5.92 Å². The minimum Gasteiger partial charge on any atom is -0.345 e. The first-order valence-electron chi connectivity index (χ1n) is 8.01. The monoisotopic (exact) mass is 386 g/mol. The lowest BCUT2D eigenvalue weighted by Crippen LogP contribution is -2.27. The molecule has 1 aliphatic carbocycles. The third-order valence-corrected chi connectivity index (χ3v) is 4.78. The predicted octanol–water partition coefficient (Wildman–Crippen LogP) is 4.29. The highest BCUT2D eigenvalue weighted by Crippen LogP contribution is 2.30. The summed E-state index contributed by atoms with van der Waals surface area (Å²) >= 11 is 3.50. The van der Waals surface area contributed by atoms with Gasteiger partial charge in [0.25, 0.3) is 5.91 Å². The number of hydrogen-bond donors (Lipinski definition) is 2. The van der Waals surface area contributed by atoms with Crippen molar-refractivity contribution in [2.24, 2.45) is 5.92 Å². The van der Waals surface area contributed by atoms with Crippen LogP contribution in [0.3, 0.4) is 0 Å². The predicted molar refractivity (Wildman–Crippen MR) is 97.8 cm³/mol. The lowest BCUT2D eigenvalue weighted by Gasteiger charge is -2.16. The summed E-state index contributed by atoms with van der Waals surface area (Å²) in [4.78, 5) is 24.3. The maximum Gasteiger partial charge on any atom is 0.251 e. The number of carbonyl (C=O) groups is 2. The molecule has 0 saturated heterocycles. The highest BCUT2D eigenvalue weighted by atomic mass is 79.9. The molecule has 1 unspecified atom stereocenters. The maximum atomic E-state index is 12.5. The highest BCUT2D eigenvalue weighted by Gasteiger charge is 2.29. The van der Waals surface area contributed by atoms with Crippen molar-refractivity contribution in [2.45, 2.75) is 25.8 Å². The third kappa shape index (κ3) is 4.03. The van der Waals surface area contributed by atoms with E-state index >= 15 is 0 Å². The summed E-state index contributed by atoms with van der Waals surface area (Å²) in [6.07, 6.45) is 1.91. The van der Waals surface area contributed by atoms with Crippen LogP contribution in [0.15, 0.2) is 53.0 Å². The Labute approximate surface area is 149 Å². The van der Waals surface area contributed by atoms with Gasteiger partial charge in [0.2, 0.25) is 5.91 Å². The van der Waals surface area contributed by atoms with Gasteiger partial charge in [0, 0.05) is 21.6 Å². The lowest BCUT2D eigenvalue weighted by atomic mass is 10.1. The number of rotatable bonds is 5. The van der Waals surface area contributed by atoms with E-state index in [0.717, 1.165) is 22.9 Å². The molecule has 0 aliphatic heterocycles. The van der Waals surface area contributed by atoms with E-state index in [2.05, 4.69) is 26.6 Å². The number of carbonyl (C=O) groups excluding carboxylic acids is 2. The van der Waals surface area contributed by atoms with Crippen LogP contribution < -0.4 is 10.6 Å². The summed E-state index contributed by atoms with van der Waals surface area (Å²) in [7, 11) is 0. The van der Waals surface area contributed by atoms with Crippen LogP contribution >= 0.6 is 15.9 Å². The highest BCUT2D eigenvalue weighted by molar-refractivity contribution is 9.10. The van der Waals surface area contributed by atoms with Crippen molar-refractivity contribution < 1.29 is 9.59 Å². The second-order valence-electron chi connectivity index (χ2n) is 6.06. The molecule has 2 aromatic rings. The molecule has 4 nitrogen and oxygen atoms in total. The first-order chi connectivity index (χ1) is 11.5. The molecule has 1 saturated carbocycles. The van der Waals surface area contributed by atoms with E-state index in [1.54, 1.807) is 24.3 Å². The van der Waals surface area contributed by atoms with Gasteiger partial charge in [-0.25, -0.2) is 0 Å². The number of anilines is 1. The summed E-state index contributed by atoms with van der Waals surface area (Å²) in [5, 5.41) is 5.85. The molecule has 0 heterocycles. The van der Waals surface area contributed by atoms with E-state index in [-0.39, 0.29) is 23.8 Å². The fraction of sp³-hybridized carbons (Fsp3) is 0.263. The molecular weight excluding hydrogens is 368 g/mol. The smallest absolute Gasteiger partial charge is 0.251 e. The Morgan fingerprint density at radius 2 is 1.88 bits per heavy atom. The van der Waals surface area contributed by atoms with E-state index in [1.807, 2.05) is 31.2 Å². The number of nitrogens with one attached hydrogen (secondary N) is 2.